The van der Waals surface area contributed by atoms with E-state index in [0.29, 0.717) is 34.3 Å². The van der Waals surface area contributed by atoms with Crippen LogP contribution in [0.15, 0.2) is 53.7 Å². The lowest BCUT2D eigenvalue weighted by Crippen LogP contribution is -2.24. The Hall–Kier alpha value is -3.73. The van der Waals surface area contributed by atoms with Crippen LogP contribution in [0.25, 0.3) is 0 Å². The smallest absolute Gasteiger partial charge is 0.269 e. The molecule has 32 heavy (non-hydrogen) atoms. The molecule has 0 aliphatic heterocycles. The number of benzene rings is 2. The second kappa shape index (κ2) is 10.5. The second-order valence-corrected chi connectivity index (χ2v) is 7.73. The Morgan fingerprint density at radius 1 is 1.16 bits per heavy atom. The number of non-ortho nitro benzene ring substituents is 1. The van der Waals surface area contributed by atoms with E-state index in [1.165, 1.54) is 30.0 Å². The van der Waals surface area contributed by atoms with E-state index in [4.69, 9.17) is 0 Å². The van der Waals surface area contributed by atoms with E-state index in [1.54, 1.807) is 31.2 Å². The molecule has 11 heteroatoms. The summed E-state index contributed by atoms with van der Waals surface area (Å²) >= 11 is 1.22. The van der Waals surface area contributed by atoms with Gasteiger partial charge in [0.2, 0.25) is 5.91 Å². The van der Waals surface area contributed by atoms with E-state index < -0.39 is 4.92 Å². The quantitative estimate of drug-likeness (QED) is 0.288. The Kier molecular flexibility index (Phi) is 7.55. The summed E-state index contributed by atoms with van der Waals surface area (Å²) in [4.78, 5) is 35.0. The molecule has 2 N–H and O–H groups in total. The van der Waals surface area contributed by atoms with Gasteiger partial charge >= 0.3 is 0 Å². The van der Waals surface area contributed by atoms with Crippen LogP contribution in [0.1, 0.15) is 28.7 Å². The summed E-state index contributed by atoms with van der Waals surface area (Å²) in [5, 5.41) is 25.2. The molecule has 3 aromatic rings. The molecule has 0 radical (unpaired) electrons. The van der Waals surface area contributed by atoms with Gasteiger partial charge < -0.3 is 15.2 Å². The third-order valence-corrected chi connectivity index (χ3v) is 5.55. The van der Waals surface area contributed by atoms with E-state index in [1.807, 2.05) is 17.6 Å². The van der Waals surface area contributed by atoms with Gasteiger partial charge in [0.25, 0.3) is 11.6 Å². The highest BCUT2D eigenvalue weighted by Gasteiger charge is 2.15. The van der Waals surface area contributed by atoms with Crippen molar-refractivity contribution < 1.29 is 14.5 Å². The van der Waals surface area contributed by atoms with Crippen LogP contribution in [0.3, 0.4) is 0 Å². The zero-order chi connectivity index (χ0) is 23.1. The van der Waals surface area contributed by atoms with E-state index in [9.17, 15) is 19.7 Å². The monoisotopic (exact) mass is 454 g/mol. The van der Waals surface area contributed by atoms with E-state index in [0.717, 1.165) is 0 Å². The van der Waals surface area contributed by atoms with E-state index in [2.05, 4.69) is 20.8 Å². The lowest BCUT2D eigenvalue weighted by Gasteiger charge is -2.10. The standard InChI is InChI=1S/C21H22N6O4S/c1-3-26-18(12-22-20(29)15-7-5-4-6-8-15)24-25-21(26)32-13-19(28)23-17-10-9-16(27(30)31)11-14(17)2/h4-11H,3,12-13H2,1-2H3,(H,22,29)(H,23,28). The molecule has 2 aromatic carbocycles. The lowest BCUT2D eigenvalue weighted by atomic mass is 10.2. The Labute approximate surface area is 188 Å². The van der Waals surface area contributed by atoms with E-state index >= 15 is 0 Å². The number of hydrogen-bond donors (Lipinski definition) is 2. The molecule has 10 nitrogen and oxygen atoms in total. The molecular formula is C21H22N6O4S. The fraction of sp³-hybridized carbons (Fsp3) is 0.238. The first-order valence-corrected chi connectivity index (χ1v) is 10.8. The molecule has 0 bridgehead atoms. The van der Waals surface area contributed by atoms with Crippen LogP contribution in [0.2, 0.25) is 0 Å². The number of carbonyl (C=O) groups is 2. The number of carbonyl (C=O) groups excluding carboxylic acids is 2. The van der Waals surface area contributed by atoms with Crippen molar-refractivity contribution in [3.63, 3.8) is 0 Å². The maximum absolute atomic E-state index is 12.4. The minimum atomic E-state index is -0.480. The first-order chi connectivity index (χ1) is 15.4. The Balaban J connectivity index is 1.57. The summed E-state index contributed by atoms with van der Waals surface area (Å²) in [7, 11) is 0. The van der Waals surface area contributed by atoms with Gasteiger partial charge in [0, 0.05) is 29.9 Å². The third kappa shape index (κ3) is 5.70. The zero-order valence-corrected chi connectivity index (χ0v) is 18.4. The third-order valence-electron chi connectivity index (χ3n) is 4.58. The number of anilines is 1. The molecule has 0 unspecified atom stereocenters. The Bertz CT molecular complexity index is 1130. The van der Waals surface area contributed by atoms with Crippen LogP contribution >= 0.6 is 11.8 Å². The van der Waals surface area contributed by atoms with Gasteiger partial charge in [-0.15, -0.1) is 10.2 Å². The number of thioether (sulfide) groups is 1. The van der Waals surface area contributed by atoms with Crippen molar-refractivity contribution in [2.45, 2.75) is 32.1 Å². The molecular weight excluding hydrogens is 432 g/mol. The largest absolute Gasteiger partial charge is 0.345 e. The summed E-state index contributed by atoms with van der Waals surface area (Å²) in [6.45, 7) is 4.41. The highest BCUT2D eigenvalue weighted by Crippen LogP contribution is 2.22. The van der Waals surface area contributed by atoms with Gasteiger partial charge in [-0.2, -0.15) is 0 Å². The van der Waals surface area contributed by atoms with Crippen molar-refractivity contribution >= 4 is 35.0 Å². The van der Waals surface area contributed by atoms with Gasteiger partial charge in [0.15, 0.2) is 11.0 Å². The van der Waals surface area contributed by atoms with Crippen LogP contribution in [0.4, 0.5) is 11.4 Å². The van der Waals surface area contributed by atoms with Crippen molar-refractivity contribution in [3.8, 4) is 0 Å². The molecule has 0 atom stereocenters. The van der Waals surface area contributed by atoms with Gasteiger partial charge in [-0.05, 0) is 37.6 Å². The number of nitro groups is 1. The molecule has 0 fully saturated rings. The average molecular weight is 455 g/mol. The van der Waals surface area contributed by atoms with Gasteiger partial charge in [-0.3, -0.25) is 19.7 Å². The maximum atomic E-state index is 12.4. The van der Waals surface area contributed by atoms with Crippen LogP contribution in [0, 0.1) is 17.0 Å². The minimum Gasteiger partial charge on any atom is -0.345 e. The van der Waals surface area contributed by atoms with Crippen LogP contribution < -0.4 is 10.6 Å². The molecule has 166 valence electrons. The summed E-state index contributed by atoms with van der Waals surface area (Å²) < 4.78 is 1.83. The highest BCUT2D eigenvalue weighted by atomic mass is 32.2. The Morgan fingerprint density at radius 2 is 1.91 bits per heavy atom. The number of nitrogens with zero attached hydrogens (tertiary/aromatic N) is 4. The number of amides is 2. The highest BCUT2D eigenvalue weighted by molar-refractivity contribution is 7.99. The predicted octanol–water partition coefficient (Wildman–Crippen LogP) is 3.18. The molecule has 0 aliphatic rings. The number of aryl methyl sites for hydroxylation is 1. The van der Waals surface area contributed by atoms with Crippen molar-refractivity contribution in [3.05, 3.63) is 75.6 Å². The first-order valence-electron chi connectivity index (χ1n) is 9.82. The molecule has 2 amide bonds. The summed E-state index contributed by atoms with van der Waals surface area (Å²) in [5.74, 6) is 0.205. The van der Waals surface area contributed by atoms with Gasteiger partial charge in [0.1, 0.15) is 0 Å². The number of hydrogen-bond acceptors (Lipinski definition) is 7. The van der Waals surface area contributed by atoms with Crippen LogP contribution in [-0.4, -0.2) is 37.3 Å². The van der Waals surface area contributed by atoms with Crippen LogP contribution in [0.5, 0.6) is 0 Å². The van der Waals surface area contributed by atoms with Gasteiger partial charge in [-0.1, -0.05) is 30.0 Å². The van der Waals surface area contributed by atoms with Crippen molar-refractivity contribution in [1.82, 2.24) is 20.1 Å². The molecule has 3 rings (SSSR count). The number of rotatable bonds is 9. The van der Waals surface area contributed by atoms with Crippen molar-refractivity contribution in [2.24, 2.45) is 0 Å². The molecule has 1 aromatic heterocycles. The second-order valence-electron chi connectivity index (χ2n) is 6.78. The van der Waals surface area contributed by atoms with Gasteiger partial charge in [0.05, 0.1) is 17.2 Å². The normalized spacial score (nSPS) is 10.6. The zero-order valence-electron chi connectivity index (χ0n) is 17.6. The summed E-state index contributed by atoms with van der Waals surface area (Å²) in [6, 6.07) is 13.2. The number of nitro benzene ring substituents is 1. The van der Waals surface area contributed by atoms with Gasteiger partial charge in [-0.25, -0.2) is 0 Å². The average Bonchev–Trinajstić information content (AvgIpc) is 3.19. The fourth-order valence-electron chi connectivity index (χ4n) is 2.94. The maximum Gasteiger partial charge on any atom is 0.269 e. The number of nitrogens with one attached hydrogen (secondary N) is 2. The Morgan fingerprint density at radius 3 is 2.56 bits per heavy atom. The summed E-state index contributed by atoms with van der Waals surface area (Å²) in [6.07, 6.45) is 0. The lowest BCUT2D eigenvalue weighted by molar-refractivity contribution is -0.384. The molecule has 0 saturated heterocycles. The molecule has 1 heterocycles. The van der Waals surface area contributed by atoms with Crippen LogP contribution in [-0.2, 0) is 17.9 Å². The van der Waals surface area contributed by atoms with E-state index in [-0.39, 0.29) is 29.8 Å². The minimum absolute atomic E-state index is 0.0298. The number of aromatic nitrogens is 3. The predicted molar refractivity (Wildman–Crippen MR) is 120 cm³/mol. The van der Waals surface area contributed by atoms with Crippen molar-refractivity contribution in [1.29, 1.82) is 0 Å². The first kappa shape index (κ1) is 22.9. The SMILES string of the molecule is CCn1c(CNC(=O)c2ccccc2)nnc1SCC(=O)Nc1ccc([N+](=O)[O-])cc1C. The van der Waals surface area contributed by atoms with Crippen molar-refractivity contribution in [2.75, 3.05) is 11.1 Å². The molecule has 0 saturated carbocycles. The fourth-order valence-corrected chi connectivity index (χ4v) is 3.76. The summed E-state index contributed by atoms with van der Waals surface area (Å²) in [5.41, 5.74) is 1.65. The molecule has 0 aliphatic carbocycles. The molecule has 0 spiro atoms. The topological polar surface area (TPSA) is 132 Å².